The van der Waals surface area contributed by atoms with E-state index in [1.807, 2.05) is 42.8 Å². The van der Waals surface area contributed by atoms with E-state index in [2.05, 4.69) is 20.9 Å². The molecule has 2 aromatic rings. The molecule has 0 amide bonds. The zero-order valence-electron chi connectivity index (χ0n) is 10.9. The number of carboxylic acids is 1. The van der Waals surface area contributed by atoms with Gasteiger partial charge in [-0.2, -0.15) is 0 Å². The Hall–Kier alpha value is -1.62. The number of benzene rings is 1. The van der Waals surface area contributed by atoms with Gasteiger partial charge in [-0.1, -0.05) is 24.3 Å². The van der Waals surface area contributed by atoms with E-state index < -0.39 is 5.97 Å². The lowest BCUT2D eigenvalue weighted by atomic mass is 10.1. The van der Waals surface area contributed by atoms with Crippen LogP contribution in [0.5, 0.6) is 0 Å². The summed E-state index contributed by atoms with van der Waals surface area (Å²) in [5, 5.41) is 8.75. The molecule has 1 aromatic heterocycles. The fourth-order valence-electron chi connectivity index (χ4n) is 2.08. The fourth-order valence-corrected chi connectivity index (χ4v) is 2.77. The number of carboxylic acid groups (broad SMARTS) is 1. The van der Waals surface area contributed by atoms with Gasteiger partial charge in [0.1, 0.15) is 10.4 Å². The lowest BCUT2D eigenvalue weighted by Crippen LogP contribution is -2.04. The molecular weight excluding hydrogens is 308 g/mol. The Kier molecular flexibility index (Phi) is 4.04. The highest BCUT2D eigenvalue weighted by molar-refractivity contribution is 9.10. The molecule has 0 spiro atoms. The number of carbonyl (C=O) groups is 1. The molecule has 0 bridgehead atoms. The summed E-state index contributed by atoms with van der Waals surface area (Å²) in [4.78, 5) is 15.1. The molecule has 0 atom stereocenters. The van der Waals surface area contributed by atoms with Gasteiger partial charge in [0.05, 0.1) is 12.1 Å². The van der Waals surface area contributed by atoms with Crippen LogP contribution in [0.1, 0.15) is 17.8 Å². The second-order valence-corrected chi connectivity index (χ2v) is 5.19. The van der Waals surface area contributed by atoms with E-state index in [9.17, 15) is 4.79 Å². The molecule has 0 aliphatic rings. The number of nitrogens with zero attached hydrogens (tertiary/aromatic N) is 2. The van der Waals surface area contributed by atoms with Gasteiger partial charge >= 0.3 is 5.97 Å². The summed E-state index contributed by atoms with van der Waals surface area (Å²) >= 11 is 3.47. The molecule has 0 aliphatic carbocycles. The van der Waals surface area contributed by atoms with Gasteiger partial charge in [-0.25, -0.2) is 4.98 Å². The van der Waals surface area contributed by atoms with Crippen molar-refractivity contribution in [1.82, 2.24) is 9.55 Å². The van der Waals surface area contributed by atoms with E-state index in [0.29, 0.717) is 6.42 Å². The second-order valence-electron chi connectivity index (χ2n) is 4.44. The molecule has 100 valence electrons. The lowest BCUT2D eigenvalue weighted by Gasteiger charge is -2.08. The number of hydrogen-bond acceptors (Lipinski definition) is 2. The summed E-state index contributed by atoms with van der Waals surface area (Å²) in [7, 11) is 1.91. The molecule has 2 rings (SSSR count). The largest absolute Gasteiger partial charge is 0.481 e. The highest BCUT2D eigenvalue weighted by Gasteiger charge is 2.16. The van der Waals surface area contributed by atoms with Crippen molar-refractivity contribution in [3.05, 3.63) is 40.3 Å². The predicted octanol–water partition coefficient (Wildman–Crippen LogP) is 3.18. The molecule has 5 heteroatoms. The maximum Gasteiger partial charge on any atom is 0.303 e. The maximum absolute atomic E-state index is 10.7. The number of halogens is 1. The minimum absolute atomic E-state index is 0.0878. The van der Waals surface area contributed by atoms with Crippen molar-refractivity contribution in [3.8, 4) is 11.3 Å². The maximum atomic E-state index is 10.7. The molecule has 0 saturated heterocycles. The average molecular weight is 323 g/mol. The number of imidazole rings is 1. The van der Waals surface area contributed by atoms with Gasteiger partial charge in [0.2, 0.25) is 0 Å². The minimum atomic E-state index is -0.809. The van der Waals surface area contributed by atoms with E-state index in [4.69, 9.17) is 5.11 Å². The van der Waals surface area contributed by atoms with Gasteiger partial charge in [-0.05, 0) is 28.4 Å². The van der Waals surface area contributed by atoms with Crippen LogP contribution in [0.2, 0.25) is 0 Å². The van der Waals surface area contributed by atoms with Crippen molar-refractivity contribution in [1.29, 1.82) is 0 Å². The molecule has 0 fully saturated rings. The van der Waals surface area contributed by atoms with Gasteiger partial charge < -0.3 is 9.67 Å². The highest BCUT2D eigenvalue weighted by Crippen LogP contribution is 2.30. The quantitative estimate of drug-likeness (QED) is 0.940. The van der Waals surface area contributed by atoms with Gasteiger partial charge in [0.25, 0.3) is 0 Å². The van der Waals surface area contributed by atoms with Crippen molar-refractivity contribution in [2.45, 2.75) is 19.8 Å². The zero-order chi connectivity index (χ0) is 14.0. The normalized spacial score (nSPS) is 10.7. The van der Waals surface area contributed by atoms with E-state index >= 15 is 0 Å². The Bertz CT molecular complexity index is 620. The summed E-state index contributed by atoms with van der Waals surface area (Å²) in [5.74, 6) is -0.0379. The second kappa shape index (κ2) is 5.57. The first kappa shape index (κ1) is 13.8. The van der Waals surface area contributed by atoms with Crippen LogP contribution in [0.3, 0.4) is 0 Å². The molecule has 0 unspecified atom stereocenters. The van der Waals surface area contributed by atoms with Crippen LogP contribution in [0.15, 0.2) is 28.9 Å². The SMILES string of the molecule is Cc1ccccc1-c1c(Br)nc(CCC(=O)O)n1C. The van der Waals surface area contributed by atoms with Crippen LogP contribution in [0, 0.1) is 6.92 Å². The Morgan fingerprint density at radius 3 is 2.74 bits per heavy atom. The van der Waals surface area contributed by atoms with Gasteiger partial charge in [0, 0.05) is 19.0 Å². The summed E-state index contributed by atoms with van der Waals surface area (Å²) in [6, 6.07) is 8.07. The first-order valence-corrected chi connectivity index (χ1v) is 6.79. The zero-order valence-corrected chi connectivity index (χ0v) is 12.4. The van der Waals surface area contributed by atoms with Crippen LogP contribution in [-0.2, 0) is 18.3 Å². The predicted molar refractivity (Wildman–Crippen MR) is 77.0 cm³/mol. The average Bonchev–Trinajstić information content (AvgIpc) is 2.63. The highest BCUT2D eigenvalue weighted by atomic mass is 79.9. The number of rotatable bonds is 4. The summed E-state index contributed by atoms with van der Waals surface area (Å²) in [5.41, 5.74) is 3.25. The Labute approximate surface area is 120 Å². The Balaban J connectivity index is 2.42. The van der Waals surface area contributed by atoms with Crippen molar-refractivity contribution >= 4 is 21.9 Å². The van der Waals surface area contributed by atoms with Crippen molar-refractivity contribution in [2.75, 3.05) is 0 Å². The van der Waals surface area contributed by atoms with Crippen molar-refractivity contribution in [3.63, 3.8) is 0 Å². The topological polar surface area (TPSA) is 55.1 Å². The number of aromatic nitrogens is 2. The minimum Gasteiger partial charge on any atom is -0.481 e. The molecular formula is C14H15BrN2O2. The van der Waals surface area contributed by atoms with Gasteiger partial charge in [0.15, 0.2) is 0 Å². The van der Waals surface area contributed by atoms with E-state index in [1.165, 1.54) is 0 Å². The van der Waals surface area contributed by atoms with Gasteiger partial charge in [-0.3, -0.25) is 4.79 Å². The molecule has 0 aliphatic heterocycles. The van der Waals surface area contributed by atoms with E-state index in [0.717, 1.165) is 27.2 Å². The van der Waals surface area contributed by atoms with Crippen LogP contribution in [0.4, 0.5) is 0 Å². The number of aryl methyl sites for hydroxylation is 2. The number of hydrogen-bond donors (Lipinski definition) is 1. The molecule has 0 radical (unpaired) electrons. The molecule has 0 saturated carbocycles. The van der Waals surface area contributed by atoms with Crippen LogP contribution >= 0.6 is 15.9 Å². The monoisotopic (exact) mass is 322 g/mol. The molecule has 1 heterocycles. The Morgan fingerprint density at radius 2 is 2.11 bits per heavy atom. The summed E-state index contributed by atoms with van der Waals surface area (Å²) in [6.45, 7) is 2.05. The molecule has 1 N–H and O–H groups in total. The number of aliphatic carboxylic acids is 1. The third kappa shape index (κ3) is 2.87. The molecule has 1 aromatic carbocycles. The molecule has 4 nitrogen and oxygen atoms in total. The first-order valence-electron chi connectivity index (χ1n) is 5.99. The lowest BCUT2D eigenvalue weighted by molar-refractivity contribution is -0.137. The summed E-state index contributed by atoms with van der Waals surface area (Å²) in [6.07, 6.45) is 0.515. The van der Waals surface area contributed by atoms with Crippen molar-refractivity contribution < 1.29 is 9.90 Å². The van der Waals surface area contributed by atoms with Crippen molar-refractivity contribution in [2.24, 2.45) is 7.05 Å². The standard InChI is InChI=1S/C14H15BrN2O2/c1-9-5-3-4-6-10(9)13-14(15)16-11(17(13)2)7-8-12(18)19/h3-6H,7-8H2,1-2H3,(H,18,19). The van der Waals surface area contributed by atoms with Crippen LogP contribution in [0.25, 0.3) is 11.3 Å². The van der Waals surface area contributed by atoms with Gasteiger partial charge in [-0.15, -0.1) is 0 Å². The smallest absolute Gasteiger partial charge is 0.303 e. The summed E-state index contributed by atoms with van der Waals surface area (Å²) < 4.78 is 2.71. The molecule has 19 heavy (non-hydrogen) atoms. The third-order valence-corrected chi connectivity index (χ3v) is 3.66. The van der Waals surface area contributed by atoms with Crippen LogP contribution in [-0.4, -0.2) is 20.6 Å². The fraction of sp³-hybridized carbons (Fsp3) is 0.286. The van der Waals surface area contributed by atoms with E-state index in [-0.39, 0.29) is 6.42 Å². The van der Waals surface area contributed by atoms with E-state index in [1.54, 1.807) is 0 Å². The Morgan fingerprint density at radius 1 is 1.42 bits per heavy atom. The van der Waals surface area contributed by atoms with Crippen LogP contribution < -0.4 is 0 Å². The third-order valence-electron chi connectivity index (χ3n) is 3.11. The first-order chi connectivity index (χ1) is 9.00.